The molecule has 0 radical (unpaired) electrons. The normalized spacial score (nSPS) is 20.6. The van der Waals surface area contributed by atoms with Crippen molar-refractivity contribution >= 4 is 40.5 Å². The van der Waals surface area contributed by atoms with E-state index >= 15 is 0 Å². The maximum atomic E-state index is 11.6. The highest BCUT2D eigenvalue weighted by molar-refractivity contribution is 6.35. The lowest BCUT2D eigenvalue weighted by Crippen LogP contribution is -2.29. The largest absolute Gasteiger partial charge is 0.397 e. The number of nitrogens with two attached hydrogens (primary N) is 2. The summed E-state index contributed by atoms with van der Waals surface area (Å²) in [5.41, 5.74) is 12.2. The first-order valence-corrected chi connectivity index (χ1v) is 5.42. The molecule has 1 amide bonds. The van der Waals surface area contributed by atoms with Crippen molar-refractivity contribution in [2.45, 2.75) is 12.5 Å². The highest BCUT2D eigenvalue weighted by Crippen LogP contribution is 2.34. The van der Waals surface area contributed by atoms with Gasteiger partial charge in [0.2, 0.25) is 5.91 Å². The van der Waals surface area contributed by atoms with Crippen molar-refractivity contribution in [2.24, 2.45) is 5.73 Å². The maximum absolute atomic E-state index is 11.6. The monoisotopic (exact) mass is 260 g/mol. The van der Waals surface area contributed by atoms with Crippen molar-refractivity contribution in [1.82, 2.24) is 4.98 Å². The molecular formula is C9H10Cl2N4O. The number of hydrogen-bond donors (Lipinski definition) is 2. The van der Waals surface area contributed by atoms with Gasteiger partial charge in [-0.2, -0.15) is 0 Å². The molecule has 86 valence electrons. The molecule has 4 N–H and O–H groups in total. The smallest absolute Gasteiger partial charge is 0.228 e. The molecule has 1 aliphatic rings. The average Bonchev–Trinajstić information content (AvgIpc) is 2.43. The zero-order valence-electron chi connectivity index (χ0n) is 8.28. The van der Waals surface area contributed by atoms with Gasteiger partial charge in [-0.15, -0.1) is 0 Å². The summed E-state index contributed by atoms with van der Waals surface area (Å²) in [6.07, 6.45) is 0.290. The maximum Gasteiger partial charge on any atom is 0.228 e. The first kappa shape index (κ1) is 11.4. The third-order valence-electron chi connectivity index (χ3n) is 2.37. The Balaban J connectivity index is 2.44. The van der Waals surface area contributed by atoms with Crippen LogP contribution in [0.15, 0.2) is 6.07 Å². The van der Waals surface area contributed by atoms with Crippen molar-refractivity contribution < 1.29 is 4.79 Å². The van der Waals surface area contributed by atoms with Gasteiger partial charge in [-0.3, -0.25) is 4.79 Å². The molecule has 16 heavy (non-hydrogen) atoms. The van der Waals surface area contributed by atoms with Crippen molar-refractivity contribution in [1.29, 1.82) is 0 Å². The van der Waals surface area contributed by atoms with Crippen LogP contribution in [-0.2, 0) is 4.79 Å². The fourth-order valence-corrected chi connectivity index (χ4v) is 2.26. The summed E-state index contributed by atoms with van der Waals surface area (Å²) in [5.74, 6) is -0.106. The molecule has 0 saturated carbocycles. The lowest BCUT2D eigenvalue weighted by molar-refractivity contribution is -0.117. The van der Waals surface area contributed by atoms with Gasteiger partial charge in [0.15, 0.2) is 5.15 Å². The lowest BCUT2D eigenvalue weighted by atomic mass is 10.3. The van der Waals surface area contributed by atoms with Crippen molar-refractivity contribution in [2.75, 3.05) is 17.2 Å². The Kier molecular flexibility index (Phi) is 2.92. The van der Waals surface area contributed by atoms with Crippen LogP contribution >= 0.6 is 23.2 Å². The number of carbonyl (C=O) groups is 1. The number of hydrogen-bond acceptors (Lipinski definition) is 4. The van der Waals surface area contributed by atoms with E-state index in [4.69, 9.17) is 34.7 Å². The summed E-state index contributed by atoms with van der Waals surface area (Å²) >= 11 is 11.6. The zero-order valence-corrected chi connectivity index (χ0v) is 9.79. The topological polar surface area (TPSA) is 85.2 Å². The van der Waals surface area contributed by atoms with Gasteiger partial charge >= 0.3 is 0 Å². The molecule has 1 aromatic rings. The summed E-state index contributed by atoms with van der Waals surface area (Å²) in [6, 6.07) is 1.26. The predicted molar refractivity (Wildman–Crippen MR) is 63.6 cm³/mol. The summed E-state index contributed by atoms with van der Waals surface area (Å²) in [7, 11) is 0. The number of rotatable bonds is 1. The van der Waals surface area contributed by atoms with Gasteiger partial charge in [0.25, 0.3) is 0 Å². The van der Waals surface area contributed by atoms with Crippen LogP contribution in [0.4, 0.5) is 11.4 Å². The van der Waals surface area contributed by atoms with Crippen molar-refractivity contribution in [3.63, 3.8) is 0 Å². The molecule has 1 aliphatic heterocycles. The Hall–Kier alpha value is -1.04. The van der Waals surface area contributed by atoms with Crippen LogP contribution in [0.5, 0.6) is 0 Å². The van der Waals surface area contributed by atoms with E-state index in [9.17, 15) is 4.79 Å². The molecule has 7 heteroatoms. The van der Waals surface area contributed by atoms with Gasteiger partial charge < -0.3 is 16.4 Å². The van der Waals surface area contributed by atoms with E-state index in [0.29, 0.717) is 24.3 Å². The molecule has 1 aromatic heterocycles. The number of amides is 1. The standard InChI is InChI=1S/C9H10Cl2N4O/c10-6-2-5(13)8(9(11)14-6)15-3-4(12)1-7(15)16/h2,4H,1,3,12H2,(H2,13,14). The number of pyridine rings is 1. The zero-order chi connectivity index (χ0) is 11.9. The number of aromatic nitrogens is 1. The Morgan fingerprint density at radius 1 is 1.50 bits per heavy atom. The summed E-state index contributed by atoms with van der Waals surface area (Å²) < 4.78 is 0. The molecule has 1 unspecified atom stereocenters. The van der Waals surface area contributed by atoms with Crippen molar-refractivity contribution in [3.8, 4) is 0 Å². The number of halogens is 2. The minimum absolute atomic E-state index is 0.106. The highest BCUT2D eigenvalue weighted by Gasteiger charge is 2.31. The molecule has 0 aliphatic carbocycles. The number of nitrogen functional groups attached to an aromatic ring is 1. The summed E-state index contributed by atoms with van der Waals surface area (Å²) in [4.78, 5) is 17.0. The van der Waals surface area contributed by atoms with E-state index in [-0.39, 0.29) is 22.3 Å². The van der Waals surface area contributed by atoms with E-state index < -0.39 is 0 Å². The molecular weight excluding hydrogens is 251 g/mol. The van der Waals surface area contributed by atoms with Gasteiger partial charge in [-0.05, 0) is 0 Å². The molecule has 1 fully saturated rings. The number of nitrogens with zero attached hydrogens (tertiary/aromatic N) is 2. The van der Waals surface area contributed by atoms with Crippen LogP contribution in [0.1, 0.15) is 6.42 Å². The van der Waals surface area contributed by atoms with Gasteiger partial charge in [-0.1, -0.05) is 23.2 Å². The van der Waals surface area contributed by atoms with E-state index in [2.05, 4.69) is 4.98 Å². The van der Waals surface area contributed by atoms with Crippen LogP contribution in [0.25, 0.3) is 0 Å². The fourth-order valence-electron chi connectivity index (χ4n) is 1.71. The Morgan fingerprint density at radius 3 is 2.69 bits per heavy atom. The van der Waals surface area contributed by atoms with Gasteiger partial charge in [0.1, 0.15) is 10.8 Å². The minimum Gasteiger partial charge on any atom is -0.397 e. The number of carbonyl (C=O) groups excluding carboxylic acids is 1. The second-order valence-corrected chi connectivity index (χ2v) is 4.39. The van der Waals surface area contributed by atoms with Crippen LogP contribution in [-0.4, -0.2) is 23.5 Å². The molecule has 0 spiro atoms. The summed E-state index contributed by atoms with van der Waals surface area (Å²) in [5, 5.41) is 0.314. The van der Waals surface area contributed by atoms with Gasteiger partial charge in [-0.25, -0.2) is 4.98 Å². The van der Waals surface area contributed by atoms with Crippen molar-refractivity contribution in [3.05, 3.63) is 16.4 Å². The molecule has 0 aromatic carbocycles. The van der Waals surface area contributed by atoms with E-state index in [0.717, 1.165) is 0 Å². The number of anilines is 2. The lowest BCUT2D eigenvalue weighted by Gasteiger charge is -2.19. The quantitative estimate of drug-likeness (QED) is 0.739. The third kappa shape index (κ3) is 1.93. The van der Waals surface area contributed by atoms with Crippen LogP contribution in [0.3, 0.4) is 0 Å². The van der Waals surface area contributed by atoms with E-state index in [1.165, 1.54) is 11.0 Å². The second kappa shape index (κ2) is 4.08. The minimum atomic E-state index is -0.196. The molecule has 2 rings (SSSR count). The Bertz CT molecular complexity index is 428. The molecule has 0 bridgehead atoms. The highest BCUT2D eigenvalue weighted by atomic mass is 35.5. The molecule has 1 saturated heterocycles. The Labute approximate surface area is 102 Å². The molecule has 5 nitrogen and oxygen atoms in total. The molecule has 1 atom stereocenters. The first-order valence-electron chi connectivity index (χ1n) is 4.66. The third-order valence-corrected chi connectivity index (χ3v) is 2.83. The molecule has 2 heterocycles. The van der Waals surface area contributed by atoms with Crippen LogP contribution < -0.4 is 16.4 Å². The summed E-state index contributed by atoms with van der Waals surface area (Å²) in [6.45, 7) is 0.395. The van der Waals surface area contributed by atoms with Crippen LogP contribution in [0, 0.1) is 0 Å². The fraction of sp³-hybridized carbons (Fsp3) is 0.333. The van der Waals surface area contributed by atoms with Gasteiger partial charge in [0.05, 0.1) is 5.69 Å². The van der Waals surface area contributed by atoms with E-state index in [1.54, 1.807) is 0 Å². The average molecular weight is 261 g/mol. The SMILES string of the molecule is Nc1cc(Cl)nc(Cl)c1N1CC(N)CC1=O. The Morgan fingerprint density at radius 2 is 2.19 bits per heavy atom. The predicted octanol–water partition coefficient (Wildman–Crippen LogP) is 1.03. The second-order valence-electron chi connectivity index (χ2n) is 3.64. The van der Waals surface area contributed by atoms with Crippen LogP contribution in [0.2, 0.25) is 10.3 Å². The van der Waals surface area contributed by atoms with Gasteiger partial charge in [0, 0.05) is 25.1 Å². The first-order chi connectivity index (χ1) is 7.49. The van der Waals surface area contributed by atoms with E-state index in [1.807, 2.05) is 0 Å².